The van der Waals surface area contributed by atoms with E-state index in [0.717, 1.165) is 6.54 Å². The molecule has 1 aliphatic heterocycles. The first-order chi connectivity index (χ1) is 18.1. The van der Waals surface area contributed by atoms with Crippen molar-refractivity contribution in [3.63, 3.8) is 0 Å². The van der Waals surface area contributed by atoms with Crippen LogP contribution in [0.25, 0.3) is 23.2 Å². The second-order valence-electron chi connectivity index (χ2n) is 10.5. The maximum absolute atomic E-state index is 14.7. The van der Waals surface area contributed by atoms with Gasteiger partial charge in [0.2, 0.25) is 11.7 Å². The highest BCUT2D eigenvalue weighted by molar-refractivity contribution is 5.93. The Hall–Kier alpha value is -4.06. The average molecular weight is 522 g/mol. The first-order valence-corrected chi connectivity index (χ1v) is 12.5. The number of anilines is 1. The van der Waals surface area contributed by atoms with Gasteiger partial charge in [-0.1, -0.05) is 11.7 Å². The van der Waals surface area contributed by atoms with Gasteiger partial charge in [0.15, 0.2) is 5.65 Å². The number of hydrogen-bond donors (Lipinski definition) is 2. The van der Waals surface area contributed by atoms with Gasteiger partial charge in [-0.05, 0) is 52.4 Å². The lowest BCUT2D eigenvalue weighted by Crippen LogP contribution is -2.46. The Morgan fingerprint density at radius 2 is 2.16 bits per heavy atom. The normalized spacial score (nSPS) is 18.6. The van der Waals surface area contributed by atoms with Crippen LogP contribution in [0.3, 0.4) is 0 Å². The lowest BCUT2D eigenvalue weighted by atomic mass is 10.0. The Balaban J connectivity index is 1.34. The van der Waals surface area contributed by atoms with Gasteiger partial charge < -0.3 is 20.1 Å². The molecule has 12 heteroatoms. The first kappa shape index (κ1) is 25.6. The van der Waals surface area contributed by atoms with E-state index in [0.29, 0.717) is 41.3 Å². The number of fused-ring (bicyclic) bond motifs is 1. The molecule has 38 heavy (non-hydrogen) atoms. The van der Waals surface area contributed by atoms with Crippen LogP contribution in [-0.2, 0) is 12.1 Å². The van der Waals surface area contributed by atoms with Gasteiger partial charge in [0, 0.05) is 25.5 Å². The molecule has 5 heterocycles. The van der Waals surface area contributed by atoms with Gasteiger partial charge in [-0.15, -0.1) is 0 Å². The predicted molar refractivity (Wildman–Crippen MR) is 141 cm³/mol. The summed E-state index contributed by atoms with van der Waals surface area (Å²) in [6.45, 7) is 11.2. The van der Waals surface area contributed by atoms with Crippen molar-refractivity contribution in [1.29, 1.82) is 0 Å². The van der Waals surface area contributed by atoms with Crippen molar-refractivity contribution in [2.45, 2.75) is 51.5 Å². The van der Waals surface area contributed by atoms with Crippen molar-refractivity contribution in [3.8, 4) is 11.5 Å². The van der Waals surface area contributed by atoms with Crippen LogP contribution in [0.4, 0.5) is 10.1 Å². The summed E-state index contributed by atoms with van der Waals surface area (Å²) in [5, 5.41) is 14.5. The number of piperidine rings is 1. The lowest BCUT2D eigenvalue weighted by molar-refractivity contribution is 0.0946. The summed E-state index contributed by atoms with van der Waals surface area (Å²) in [6, 6.07) is 3.44. The number of nitrogens with zero attached hydrogens (tertiary/aromatic N) is 7. The molecular formula is C26H32FN9O2. The highest BCUT2D eigenvalue weighted by Gasteiger charge is 2.28. The van der Waals surface area contributed by atoms with E-state index in [9.17, 15) is 9.18 Å². The molecule has 11 nitrogen and oxygen atoms in total. The van der Waals surface area contributed by atoms with Crippen LogP contribution < -0.4 is 10.6 Å². The SMILES string of the molecule is C=Cc1c(-c2noc(CNC(=O)c3cnn(C(C)(C)C)c3)n2)nc2c(N[C@@H]3CCN(C)C[C@@H]3F)cccn12. The van der Waals surface area contributed by atoms with E-state index in [2.05, 4.69) is 32.5 Å². The summed E-state index contributed by atoms with van der Waals surface area (Å²) in [5.41, 5.74) is 2.68. The van der Waals surface area contributed by atoms with Crippen molar-refractivity contribution in [2.75, 3.05) is 25.5 Å². The molecule has 0 radical (unpaired) electrons. The molecule has 0 aromatic carbocycles. The standard InChI is InChI=1S/C26H32FN9O2/c1-6-20-22(32-24-19(8-7-10-35(20)24)30-18-9-11-34(5)15-17(18)27)23-31-21(38-33-23)13-28-25(37)16-12-29-36(14-16)26(2,3)4/h6-8,10,12,14,17-18,30H,1,9,11,13,15H2,2-5H3,(H,28,37)/t17-,18+/m0/s1. The summed E-state index contributed by atoms with van der Waals surface area (Å²) >= 11 is 0. The number of hydrogen-bond acceptors (Lipinski definition) is 8. The number of alkyl halides is 1. The molecule has 1 aliphatic rings. The van der Waals surface area contributed by atoms with Crippen molar-refractivity contribution < 1.29 is 13.7 Å². The van der Waals surface area contributed by atoms with E-state index < -0.39 is 6.17 Å². The van der Waals surface area contributed by atoms with Crippen LogP contribution in [0.5, 0.6) is 0 Å². The molecule has 1 fully saturated rings. The summed E-state index contributed by atoms with van der Waals surface area (Å²) < 4.78 is 23.7. The number of imidazole rings is 1. The van der Waals surface area contributed by atoms with E-state index in [-0.39, 0.29) is 35.7 Å². The topological polar surface area (TPSA) is 118 Å². The van der Waals surface area contributed by atoms with Crippen LogP contribution >= 0.6 is 0 Å². The van der Waals surface area contributed by atoms with E-state index >= 15 is 0 Å². The van der Waals surface area contributed by atoms with Crippen molar-refractivity contribution >= 4 is 23.3 Å². The molecule has 0 bridgehead atoms. The first-order valence-electron chi connectivity index (χ1n) is 12.5. The Morgan fingerprint density at radius 3 is 2.87 bits per heavy atom. The lowest BCUT2D eigenvalue weighted by Gasteiger charge is -2.33. The molecule has 1 saturated heterocycles. The highest BCUT2D eigenvalue weighted by atomic mass is 19.1. The zero-order valence-electron chi connectivity index (χ0n) is 22.0. The number of halogens is 1. The fraction of sp³-hybridized carbons (Fsp3) is 0.423. The third kappa shape index (κ3) is 5.03. The minimum Gasteiger partial charge on any atom is -0.376 e. The van der Waals surface area contributed by atoms with Crippen LogP contribution in [0.2, 0.25) is 0 Å². The van der Waals surface area contributed by atoms with Gasteiger partial charge in [0.05, 0.1) is 41.3 Å². The summed E-state index contributed by atoms with van der Waals surface area (Å²) in [7, 11) is 1.92. The van der Waals surface area contributed by atoms with Gasteiger partial charge in [-0.3, -0.25) is 13.9 Å². The minimum atomic E-state index is -0.986. The smallest absolute Gasteiger partial charge is 0.254 e. The number of pyridine rings is 1. The number of carbonyl (C=O) groups excluding carboxylic acids is 1. The van der Waals surface area contributed by atoms with Crippen LogP contribution in [0.1, 0.15) is 49.1 Å². The number of nitrogens with one attached hydrogen (secondary N) is 2. The van der Waals surface area contributed by atoms with Gasteiger partial charge in [0.1, 0.15) is 11.9 Å². The fourth-order valence-corrected chi connectivity index (χ4v) is 4.46. The summed E-state index contributed by atoms with van der Waals surface area (Å²) in [5.74, 6) is 0.200. The molecule has 0 unspecified atom stereocenters. The second kappa shape index (κ2) is 10.0. The van der Waals surface area contributed by atoms with Gasteiger partial charge in [-0.2, -0.15) is 10.1 Å². The van der Waals surface area contributed by atoms with Crippen LogP contribution in [0, 0.1) is 0 Å². The molecule has 4 aromatic rings. The van der Waals surface area contributed by atoms with Crippen molar-refractivity contribution in [3.05, 3.63) is 54.5 Å². The predicted octanol–water partition coefficient (Wildman–Crippen LogP) is 3.36. The molecule has 200 valence electrons. The monoisotopic (exact) mass is 521 g/mol. The molecule has 2 atom stereocenters. The van der Waals surface area contributed by atoms with E-state index in [4.69, 9.17) is 9.51 Å². The summed E-state index contributed by atoms with van der Waals surface area (Å²) in [6.07, 6.45) is 6.45. The third-order valence-corrected chi connectivity index (χ3v) is 6.58. The summed E-state index contributed by atoms with van der Waals surface area (Å²) in [4.78, 5) is 23.8. The van der Waals surface area contributed by atoms with E-state index in [1.807, 2.05) is 55.4 Å². The number of amides is 1. The molecule has 0 aliphatic carbocycles. The molecule has 4 aromatic heterocycles. The number of rotatable bonds is 7. The Labute approximate surface area is 219 Å². The average Bonchev–Trinajstić information content (AvgIpc) is 3.62. The van der Waals surface area contributed by atoms with Gasteiger partial charge in [-0.25, -0.2) is 9.37 Å². The second-order valence-corrected chi connectivity index (χ2v) is 10.5. The van der Waals surface area contributed by atoms with Gasteiger partial charge in [0.25, 0.3) is 5.91 Å². The van der Waals surface area contributed by atoms with Crippen molar-refractivity contribution in [1.82, 2.24) is 39.5 Å². The third-order valence-electron chi connectivity index (χ3n) is 6.58. The number of likely N-dealkylation sites (tertiary alicyclic amines) is 1. The number of carbonyl (C=O) groups is 1. The molecule has 0 saturated carbocycles. The van der Waals surface area contributed by atoms with E-state index in [1.165, 1.54) is 6.20 Å². The molecule has 1 amide bonds. The van der Waals surface area contributed by atoms with Crippen molar-refractivity contribution in [2.24, 2.45) is 0 Å². The Morgan fingerprint density at radius 1 is 1.34 bits per heavy atom. The minimum absolute atomic E-state index is 0.0458. The number of aromatic nitrogens is 6. The largest absolute Gasteiger partial charge is 0.376 e. The van der Waals surface area contributed by atoms with Gasteiger partial charge >= 0.3 is 0 Å². The zero-order valence-corrected chi connectivity index (χ0v) is 22.0. The van der Waals surface area contributed by atoms with Crippen LogP contribution in [-0.4, -0.2) is 72.5 Å². The fourth-order valence-electron chi connectivity index (χ4n) is 4.46. The molecular weight excluding hydrogens is 489 g/mol. The quantitative estimate of drug-likeness (QED) is 0.380. The van der Waals surface area contributed by atoms with Crippen LogP contribution in [0.15, 0.2) is 41.8 Å². The Bertz CT molecular complexity index is 1460. The molecule has 2 N–H and O–H groups in total. The Kier molecular flexibility index (Phi) is 6.74. The van der Waals surface area contributed by atoms with E-state index in [1.54, 1.807) is 17.0 Å². The highest BCUT2D eigenvalue weighted by Crippen LogP contribution is 2.28. The molecule has 0 spiro atoms. The maximum atomic E-state index is 14.7. The molecule has 5 rings (SSSR count). The maximum Gasteiger partial charge on any atom is 0.254 e. The zero-order chi connectivity index (χ0) is 27.0.